The number of allylic oxidation sites excluding steroid dienone is 1. The molecule has 0 fully saturated rings. The SMILES string of the molecule is Nc1ncc(Br)cc1C=CCCS. The van der Waals surface area contributed by atoms with Crippen molar-refractivity contribution < 1.29 is 0 Å². The van der Waals surface area contributed by atoms with E-state index in [1.807, 2.05) is 18.2 Å². The van der Waals surface area contributed by atoms with Crippen molar-refractivity contribution in [2.45, 2.75) is 6.42 Å². The molecule has 2 nitrogen and oxygen atoms in total. The van der Waals surface area contributed by atoms with Crippen molar-refractivity contribution in [3.05, 3.63) is 28.4 Å². The van der Waals surface area contributed by atoms with E-state index >= 15 is 0 Å². The lowest BCUT2D eigenvalue weighted by atomic mass is 10.2. The first kappa shape index (κ1) is 10.6. The second kappa shape index (κ2) is 5.29. The van der Waals surface area contributed by atoms with Crippen LogP contribution in [0.1, 0.15) is 12.0 Å². The van der Waals surface area contributed by atoms with Crippen molar-refractivity contribution in [1.82, 2.24) is 4.98 Å². The molecule has 0 radical (unpaired) electrons. The van der Waals surface area contributed by atoms with Crippen LogP contribution in [0.4, 0.5) is 5.82 Å². The number of nitrogens with zero attached hydrogens (tertiary/aromatic N) is 1. The van der Waals surface area contributed by atoms with Gasteiger partial charge >= 0.3 is 0 Å². The fraction of sp³-hybridized carbons (Fsp3) is 0.222. The molecule has 4 heteroatoms. The van der Waals surface area contributed by atoms with E-state index in [1.54, 1.807) is 6.20 Å². The van der Waals surface area contributed by atoms with E-state index in [4.69, 9.17) is 5.73 Å². The second-order valence-electron chi connectivity index (χ2n) is 2.54. The topological polar surface area (TPSA) is 38.9 Å². The van der Waals surface area contributed by atoms with E-state index in [0.717, 1.165) is 22.2 Å². The molecule has 0 aliphatic heterocycles. The van der Waals surface area contributed by atoms with Crippen LogP contribution in [0, 0.1) is 0 Å². The molecule has 0 unspecified atom stereocenters. The molecule has 0 aliphatic carbocycles. The van der Waals surface area contributed by atoms with Gasteiger partial charge in [0.2, 0.25) is 0 Å². The highest BCUT2D eigenvalue weighted by atomic mass is 79.9. The maximum absolute atomic E-state index is 5.67. The molecule has 0 saturated carbocycles. The fourth-order valence-electron chi connectivity index (χ4n) is 0.884. The Bertz CT molecular complexity index is 312. The van der Waals surface area contributed by atoms with Gasteiger partial charge in [-0.05, 0) is 34.2 Å². The molecule has 2 N–H and O–H groups in total. The van der Waals surface area contributed by atoms with Crippen LogP contribution in [0.15, 0.2) is 22.8 Å². The van der Waals surface area contributed by atoms with Gasteiger partial charge in [-0.3, -0.25) is 0 Å². The van der Waals surface area contributed by atoms with Gasteiger partial charge < -0.3 is 5.73 Å². The summed E-state index contributed by atoms with van der Waals surface area (Å²) in [5.74, 6) is 1.40. The minimum atomic E-state index is 0.554. The molecule has 0 spiro atoms. The quantitative estimate of drug-likeness (QED) is 0.819. The van der Waals surface area contributed by atoms with Gasteiger partial charge in [0.25, 0.3) is 0 Å². The van der Waals surface area contributed by atoms with Gasteiger partial charge in [-0.15, -0.1) is 0 Å². The number of nitrogens with two attached hydrogens (primary N) is 1. The summed E-state index contributed by atoms with van der Waals surface area (Å²) in [7, 11) is 0. The Morgan fingerprint density at radius 2 is 2.38 bits per heavy atom. The minimum absolute atomic E-state index is 0.554. The Hall–Kier alpha value is -0.480. The average molecular weight is 259 g/mol. The van der Waals surface area contributed by atoms with Gasteiger partial charge in [-0.1, -0.05) is 12.2 Å². The predicted octanol–water partition coefficient (Wildman–Crippen LogP) is 2.76. The fourth-order valence-corrected chi connectivity index (χ4v) is 1.38. The van der Waals surface area contributed by atoms with Crippen LogP contribution in [0.5, 0.6) is 0 Å². The Kier molecular flexibility index (Phi) is 4.32. The molecular weight excluding hydrogens is 248 g/mol. The molecule has 1 aromatic heterocycles. The van der Waals surface area contributed by atoms with Crippen LogP contribution in [0.3, 0.4) is 0 Å². The summed E-state index contributed by atoms with van der Waals surface area (Å²) in [6.07, 6.45) is 6.62. The Morgan fingerprint density at radius 1 is 1.62 bits per heavy atom. The monoisotopic (exact) mass is 258 g/mol. The predicted molar refractivity (Wildman–Crippen MR) is 63.9 cm³/mol. The maximum atomic E-state index is 5.67. The summed E-state index contributed by atoms with van der Waals surface area (Å²) in [5, 5.41) is 0. The number of pyridine rings is 1. The first-order chi connectivity index (χ1) is 6.24. The molecule has 1 aromatic rings. The third-order valence-electron chi connectivity index (χ3n) is 1.51. The number of aromatic nitrogens is 1. The Morgan fingerprint density at radius 3 is 3.08 bits per heavy atom. The summed E-state index contributed by atoms with van der Waals surface area (Å²) < 4.78 is 0.937. The Labute approximate surface area is 91.8 Å². The van der Waals surface area contributed by atoms with Gasteiger partial charge in [-0.25, -0.2) is 4.98 Å². The smallest absolute Gasteiger partial charge is 0.130 e. The van der Waals surface area contributed by atoms with Crippen LogP contribution >= 0.6 is 28.6 Å². The van der Waals surface area contributed by atoms with Crippen molar-refractivity contribution in [2.75, 3.05) is 11.5 Å². The van der Waals surface area contributed by atoms with E-state index in [2.05, 4.69) is 33.5 Å². The molecule has 0 atom stereocenters. The molecule has 0 aromatic carbocycles. The normalized spacial score (nSPS) is 10.9. The van der Waals surface area contributed by atoms with Crippen molar-refractivity contribution in [3.8, 4) is 0 Å². The number of anilines is 1. The molecule has 0 aliphatic rings. The average Bonchev–Trinajstić information content (AvgIpc) is 2.11. The third kappa shape index (κ3) is 3.40. The zero-order chi connectivity index (χ0) is 9.68. The number of thiol groups is 1. The van der Waals surface area contributed by atoms with Gasteiger partial charge in [0, 0.05) is 16.2 Å². The second-order valence-corrected chi connectivity index (χ2v) is 3.91. The highest BCUT2D eigenvalue weighted by molar-refractivity contribution is 9.10. The van der Waals surface area contributed by atoms with Gasteiger partial charge in [-0.2, -0.15) is 12.6 Å². The van der Waals surface area contributed by atoms with Crippen LogP contribution in [0.25, 0.3) is 6.08 Å². The van der Waals surface area contributed by atoms with E-state index in [-0.39, 0.29) is 0 Å². The van der Waals surface area contributed by atoms with E-state index in [1.165, 1.54) is 0 Å². The summed E-state index contributed by atoms with van der Waals surface area (Å²) in [4.78, 5) is 4.02. The lowest BCUT2D eigenvalue weighted by Crippen LogP contribution is -1.92. The molecule has 13 heavy (non-hydrogen) atoms. The largest absolute Gasteiger partial charge is 0.383 e. The number of hydrogen-bond acceptors (Lipinski definition) is 3. The van der Waals surface area contributed by atoms with Gasteiger partial charge in [0.15, 0.2) is 0 Å². The molecule has 1 rings (SSSR count). The lowest BCUT2D eigenvalue weighted by molar-refractivity contribution is 1.26. The zero-order valence-electron chi connectivity index (χ0n) is 7.07. The van der Waals surface area contributed by atoms with E-state index in [0.29, 0.717) is 5.82 Å². The zero-order valence-corrected chi connectivity index (χ0v) is 9.55. The highest BCUT2D eigenvalue weighted by Crippen LogP contribution is 2.16. The van der Waals surface area contributed by atoms with Gasteiger partial charge in [0.05, 0.1) is 0 Å². The molecule has 70 valence electrons. The molecule has 0 saturated heterocycles. The minimum Gasteiger partial charge on any atom is -0.383 e. The lowest BCUT2D eigenvalue weighted by Gasteiger charge is -1.98. The van der Waals surface area contributed by atoms with Crippen molar-refractivity contribution in [3.63, 3.8) is 0 Å². The van der Waals surface area contributed by atoms with Crippen molar-refractivity contribution in [1.29, 1.82) is 0 Å². The van der Waals surface area contributed by atoms with Crippen LogP contribution in [0.2, 0.25) is 0 Å². The first-order valence-electron chi connectivity index (χ1n) is 3.92. The first-order valence-corrected chi connectivity index (χ1v) is 5.35. The van der Waals surface area contributed by atoms with Crippen LogP contribution in [-0.4, -0.2) is 10.7 Å². The third-order valence-corrected chi connectivity index (χ3v) is 2.20. The molecule has 0 bridgehead atoms. The van der Waals surface area contributed by atoms with Gasteiger partial charge in [0.1, 0.15) is 5.82 Å². The molecule has 0 amide bonds. The number of hydrogen-bond donors (Lipinski definition) is 2. The summed E-state index contributed by atoms with van der Waals surface area (Å²) >= 11 is 7.44. The van der Waals surface area contributed by atoms with E-state index < -0.39 is 0 Å². The summed E-state index contributed by atoms with van der Waals surface area (Å²) in [5.41, 5.74) is 6.61. The number of nitrogen functional groups attached to an aromatic ring is 1. The molecule has 1 heterocycles. The standard InChI is InChI=1S/C9H11BrN2S/c10-8-5-7(3-1-2-4-13)9(11)12-6-8/h1,3,5-6,13H,2,4H2,(H2,11,12). The maximum Gasteiger partial charge on any atom is 0.130 e. The van der Waals surface area contributed by atoms with E-state index in [9.17, 15) is 0 Å². The Balaban J connectivity index is 2.81. The highest BCUT2D eigenvalue weighted by Gasteiger charge is 1.96. The number of halogens is 1. The van der Waals surface area contributed by atoms with Crippen LogP contribution in [-0.2, 0) is 0 Å². The van der Waals surface area contributed by atoms with Crippen molar-refractivity contribution in [2.24, 2.45) is 0 Å². The summed E-state index contributed by atoms with van der Waals surface area (Å²) in [6.45, 7) is 0. The van der Waals surface area contributed by atoms with Crippen LogP contribution < -0.4 is 5.73 Å². The number of rotatable bonds is 3. The summed E-state index contributed by atoms with van der Waals surface area (Å²) in [6, 6.07) is 1.94. The molecular formula is C9H11BrN2S. The van der Waals surface area contributed by atoms with Crippen molar-refractivity contribution >= 4 is 40.5 Å².